The molecule has 3 saturated heterocycles. The molecular weight excluding hydrogens is 452 g/mol. The van der Waals surface area contributed by atoms with E-state index in [4.69, 9.17) is 16.3 Å². The van der Waals surface area contributed by atoms with Gasteiger partial charge in [0, 0.05) is 68.2 Å². The second kappa shape index (κ2) is 7.63. The van der Waals surface area contributed by atoms with Crippen molar-refractivity contribution in [2.24, 2.45) is 5.41 Å². The van der Waals surface area contributed by atoms with E-state index in [1.165, 1.54) is 5.56 Å². The number of nitrogens with zero attached hydrogens (tertiary/aromatic N) is 8. The Hall–Kier alpha value is -2.75. The lowest BCUT2D eigenvalue weighted by Crippen LogP contribution is -2.73. The summed E-state index contributed by atoms with van der Waals surface area (Å²) in [5.41, 5.74) is 3.62. The van der Waals surface area contributed by atoms with Crippen LogP contribution >= 0.6 is 11.6 Å². The van der Waals surface area contributed by atoms with Crippen molar-refractivity contribution in [3.8, 4) is 5.69 Å². The molecule has 176 valence electrons. The van der Waals surface area contributed by atoms with Crippen LogP contribution in [0.5, 0.6) is 0 Å². The molecule has 1 spiro atoms. The molecule has 1 aromatic carbocycles. The Labute approximate surface area is 203 Å². The zero-order valence-corrected chi connectivity index (χ0v) is 19.9. The van der Waals surface area contributed by atoms with Gasteiger partial charge < -0.3 is 14.5 Å². The quantitative estimate of drug-likeness (QED) is 0.568. The fourth-order valence-electron chi connectivity index (χ4n) is 6.01. The average molecular weight is 479 g/mol. The molecule has 2 aromatic heterocycles. The van der Waals surface area contributed by atoms with E-state index in [0.29, 0.717) is 6.04 Å². The molecule has 10 heteroatoms. The van der Waals surface area contributed by atoms with Gasteiger partial charge in [-0.2, -0.15) is 0 Å². The number of ether oxygens (including phenoxy) is 1. The molecule has 0 N–H and O–H groups in total. The minimum atomic E-state index is 0.289. The summed E-state index contributed by atoms with van der Waals surface area (Å²) in [5, 5.41) is 10.1. The topological polar surface area (TPSA) is 75.4 Å². The molecule has 7 rings (SSSR count). The van der Waals surface area contributed by atoms with Crippen LogP contribution in [0.2, 0.25) is 5.02 Å². The first-order chi connectivity index (χ1) is 16.6. The number of benzene rings is 1. The Kier molecular flexibility index (Phi) is 4.62. The van der Waals surface area contributed by atoms with Crippen molar-refractivity contribution < 1.29 is 4.74 Å². The monoisotopic (exact) mass is 478 g/mol. The summed E-state index contributed by atoms with van der Waals surface area (Å²) in [6.45, 7) is 9.17. The van der Waals surface area contributed by atoms with E-state index in [1.807, 2.05) is 13.0 Å². The molecule has 9 nitrogen and oxygen atoms in total. The number of anilines is 2. The largest absolute Gasteiger partial charge is 0.380 e. The molecule has 0 unspecified atom stereocenters. The maximum atomic E-state index is 6.41. The number of fused-ring (bicyclic) bond motifs is 3. The fraction of sp³-hybridized carbons (Fsp3) is 0.500. The molecule has 0 saturated carbocycles. The zero-order chi connectivity index (χ0) is 22.9. The van der Waals surface area contributed by atoms with E-state index < -0.39 is 0 Å². The lowest BCUT2D eigenvalue weighted by atomic mass is 9.73. The molecule has 6 heterocycles. The van der Waals surface area contributed by atoms with Crippen LogP contribution in [-0.2, 0) is 17.8 Å². The number of hydrogen-bond acceptors (Lipinski definition) is 8. The third-order valence-corrected chi connectivity index (χ3v) is 7.91. The van der Waals surface area contributed by atoms with Crippen LogP contribution < -0.4 is 9.80 Å². The first-order valence-electron chi connectivity index (χ1n) is 11.9. The highest BCUT2D eigenvalue weighted by atomic mass is 35.5. The Balaban J connectivity index is 1.15. The molecular formula is C24H27ClN8O. The number of aryl methyl sites for hydroxylation is 1. The van der Waals surface area contributed by atoms with Crippen molar-refractivity contribution in [2.45, 2.75) is 32.5 Å². The molecule has 3 aromatic rings. The Morgan fingerprint density at radius 2 is 1.85 bits per heavy atom. The minimum Gasteiger partial charge on any atom is -0.380 e. The summed E-state index contributed by atoms with van der Waals surface area (Å²) < 4.78 is 7.93. The molecule has 0 radical (unpaired) electrons. The molecule has 4 aliphatic heterocycles. The summed E-state index contributed by atoms with van der Waals surface area (Å²) in [4.78, 5) is 16.1. The van der Waals surface area contributed by atoms with Gasteiger partial charge in [0.1, 0.15) is 5.82 Å². The molecule has 3 fully saturated rings. The van der Waals surface area contributed by atoms with Gasteiger partial charge >= 0.3 is 0 Å². The van der Waals surface area contributed by atoms with E-state index in [1.54, 1.807) is 12.4 Å². The number of aromatic nitrogens is 5. The van der Waals surface area contributed by atoms with Crippen molar-refractivity contribution in [2.75, 3.05) is 49.2 Å². The first kappa shape index (κ1) is 20.6. The molecule has 4 aliphatic rings. The Morgan fingerprint density at radius 1 is 1.03 bits per heavy atom. The molecule has 0 amide bonds. The van der Waals surface area contributed by atoms with Gasteiger partial charge in [0.25, 0.3) is 0 Å². The van der Waals surface area contributed by atoms with Crippen LogP contribution in [0.1, 0.15) is 23.5 Å². The highest BCUT2D eigenvalue weighted by Crippen LogP contribution is 2.44. The van der Waals surface area contributed by atoms with Crippen LogP contribution in [0.3, 0.4) is 0 Å². The van der Waals surface area contributed by atoms with Gasteiger partial charge in [-0.05, 0) is 37.1 Å². The van der Waals surface area contributed by atoms with Crippen molar-refractivity contribution in [1.29, 1.82) is 0 Å². The number of rotatable bonds is 3. The first-order valence-corrected chi connectivity index (χ1v) is 12.3. The van der Waals surface area contributed by atoms with E-state index in [9.17, 15) is 0 Å². The van der Waals surface area contributed by atoms with Crippen molar-refractivity contribution in [3.63, 3.8) is 0 Å². The van der Waals surface area contributed by atoms with Crippen LogP contribution in [0.4, 0.5) is 11.8 Å². The summed E-state index contributed by atoms with van der Waals surface area (Å²) in [5.74, 6) is 2.92. The summed E-state index contributed by atoms with van der Waals surface area (Å²) in [7, 11) is 0. The molecule has 0 aliphatic carbocycles. The smallest absolute Gasteiger partial charge is 0.231 e. The summed E-state index contributed by atoms with van der Waals surface area (Å²) in [6.07, 6.45) is 4.58. The van der Waals surface area contributed by atoms with Crippen molar-refractivity contribution >= 4 is 23.4 Å². The maximum absolute atomic E-state index is 6.41. The normalized spacial score (nSPS) is 23.3. The molecule has 0 bridgehead atoms. The lowest BCUT2D eigenvalue weighted by Gasteiger charge is -2.60. The fourth-order valence-corrected chi connectivity index (χ4v) is 6.21. The van der Waals surface area contributed by atoms with Crippen LogP contribution in [-0.4, -0.2) is 75.1 Å². The SMILES string of the molecule is Cc1nccnc1N1CC2(C1)CN(c1nnc3n1-c1ccc(Cl)cc1CN([C@@H]1CCOC1)C3)C2. The summed E-state index contributed by atoms with van der Waals surface area (Å²) >= 11 is 6.41. The second-order valence-electron chi connectivity index (χ2n) is 10.1. The predicted octanol–water partition coefficient (Wildman–Crippen LogP) is 2.45. The Morgan fingerprint density at radius 3 is 2.65 bits per heavy atom. The predicted molar refractivity (Wildman–Crippen MR) is 128 cm³/mol. The van der Waals surface area contributed by atoms with Crippen LogP contribution in [0.25, 0.3) is 5.69 Å². The van der Waals surface area contributed by atoms with Gasteiger partial charge in [0.05, 0.1) is 24.5 Å². The number of halogens is 1. The van der Waals surface area contributed by atoms with Gasteiger partial charge in [-0.15, -0.1) is 10.2 Å². The standard InChI is InChI=1S/C24H27ClN8O/c1-16-22(27-6-5-26-16)31-12-24(13-31)14-32(15-24)23-29-28-21-10-30(19-4-7-34-11-19)9-17-8-18(25)2-3-20(17)33(21)23/h2-3,5-6,8,19H,4,7,9-15H2,1H3/t19-/m1/s1. The minimum absolute atomic E-state index is 0.289. The van der Waals surface area contributed by atoms with Crippen molar-refractivity contribution in [3.05, 3.63) is 52.7 Å². The number of hydrogen-bond donors (Lipinski definition) is 0. The van der Waals surface area contributed by atoms with Gasteiger partial charge in [-0.1, -0.05) is 11.6 Å². The van der Waals surface area contributed by atoms with Gasteiger partial charge in [0.2, 0.25) is 5.95 Å². The zero-order valence-electron chi connectivity index (χ0n) is 19.2. The Bertz CT molecular complexity index is 1240. The average Bonchev–Trinajstić information content (AvgIpc) is 3.41. The van der Waals surface area contributed by atoms with Crippen LogP contribution in [0, 0.1) is 12.3 Å². The van der Waals surface area contributed by atoms with E-state index in [0.717, 1.165) is 92.9 Å². The van der Waals surface area contributed by atoms with Gasteiger partial charge in [-0.3, -0.25) is 14.5 Å². The maximum Gasteiger partial charge on any atom is 0.231 e. The third kappa shape index (κ3) is 3.21. The van der Waals surface area contributed by atoms with E-state index >= 15 is 0 Å². The van der Waals surface area contributed by atoms with E-state index in [2.05, 4.69) is 51.6 Å². The van der Waals surface area contributed by atoms with Gasteiger partial charge in [-0.25, -0.2) is 4.98 Å². The second-order valence-corrected chi connectivity index (χ2v) is 10.6. The highest BCUT2D eigenvalue weighted by Gasteiger charge is 2.53. The lowest BCUT2D eigenvalue weighted by molar-refractivity contribution is 0.133. The van der Waals surface area contributed by atoms with Crippen LogP contribution in [0.15, 0.2) is 30.6 Å². The van der Waals surface area contributed by atoms with Crippen molar-refractivity contribution in [1.82, 2.24) is 29.6 Å². The highest BCUT2D eigenvalue weighted by molar-refractivity contribution is 6.30. The molecule has 34 heavy (non-hydrogen) atoms. The van der Waals surface area contributed by atoms with Gasteiger partial charge in [0.15, 0.2) is 5.82 Å². The summed E-state index contributed by atoms with van der Waals surface area (Å²) in [6, 6.07) is 6.56. The third-order valence-electron chi connectivity index (χ3n) is 7.68. The molecule has 1 atom stereocenters. The van der Waals surface area contributed by atoms with E-state index in [-0.39, 0.29) is 5.41 Å².